The summed E-state index contributed by atoms with van der Waals surface area (Å²) < 4.78 is 5.17. The molecule has 0 saturated heterocycles. The molecule has 0 bridgehead atoms. The molecule has 5 heteroatoms. The lowest BCUT2D eigenvalue weighted by molar-refractivity contribution is 0.368. The molecule has 21 heavy (non-hydrogen) atoms. The molecule has 2 rings (SSSR count). The van der Waals surface area contributed by atoms with E-state index in [4.69, 9.17) is 10.00 Å². The lowest BCUT2D eigenvalue weighted by Gasteiger charge is -2.18. The van der Waals surface area contributed by atoms with Crippen molar-refractivity contribution in [3.05, 3.63) is 48.0 Å². The van der Waals surface area contributed by atoms with E-state index in [1.54, 1.807) is 30.3 Å². The van der Waals surface area contributed by atoms with Gasteiger partial charge in [-0.25, -0.2) is 0 Å². The van der Waals surface area contributed by atoms with Gasteiger partial charge in [0.15, 0.2) is 6.61 Å². The Morgan fingerprint density at radius 3 is 2.33 bits per heavy atom. The van der Waals surface area contributed by atoms with E-state index in [0.717, 1.165) is 5.69 Å². The van der Waals surface area contributed by atoms with Crippen molar-refractivity contribution in [1.82, 2.24) is 0 Å². The third-order valence-electron chi connectivity index (χ3n) is 3.03. The summed E-state index contributed by atoms with van der Waals surface area (Å²) in [5.74, 6) is 0.702. The Morgan fingerprint density at radius 2 is 1.76 bits per heavy atom. The average Bonchev–Trinajstić information content (AvgIpc) is 2.46. The first-order chi connectivity index (χ1) is 10.1. The number of nitrogens with zero attached hydrogens (tertiary/aromatic N) is 1. The van der Waals surface area contributed by atoms with Crippen LogP contribution in [-0.4, -0.2) is 16.8 Å². The first kappa shape index (κ1) is 14.5. The van der Waals surface area contributed by atoms with Crippen LogP contribution in [0.25, 0.3) is 0 Å². The minimum absolute atomic E-state index is 0.00887. The third-order valence-corrected chi connectivity index (χ3v) is 3.03. The molecule has 0 radical (unpaired) electrons. The van der Waals surface area contributed by atoms with Gasteiger partial charge in [-0.3, -0.25) is 0 Å². The highest BCUT2D eigenvalue weighted by Crippen LogP contribution is 2.34. The SMILES string of the molecule is CC(Nc1ccc(OCC#N)cc1)c1c(O)cccc1O. The minimum atomic E-state index is -0.267. The summed E-state index contributed by atoms with van der Waals surface area (Å²) in [7, 11) is 0. The molecule has 2 aromatic carbocycles. The lowest BCUT2D eigenvalue weighted by atomic mass is 10.1. The van der Waals surface area contributed by atoms with Crippen LogP contribution in [0.1, 0.15) is 18.5 Å². The molecule has 0 amide bonds. The van der Waals surface area contributed by atoms with Crippen LogP contribution in [0, 0.1) is 11.3 Å². The Morgan fingerprint density at radius 1 is 1.14 bits per heavy atom. The summed E-state index contributed by atoms with van der Waals surface area (Å²) in [5, 5.41) is 31.3. The quantitative estimate of drug-likeness (QED) is 0.785. The smallest absolute Gasteiger partial charge is 0.174 e. The van der Waals surface area contributed by atoms with Gasteiger partial charge in [-0.2, -0.15) is 5.26 Å². The van der Waals surface area contributed by atoms with E-state index in [2.05, 4.69) is 5.32 Å². The van der Waals surface area contributed by atoms with Crippen molar-refractivity contribution in [2.75, 3.05) is 11.9 Å². The van der Waals surface area contributed by atoms with Gasteiger partial charge in [0.05, 0.1) is 11.6 Å². The summed E-state index contributed by atoms with van der Waals surface area (Å²) in [6.07, 6.45) is 0. The zero-order valence-corrected chi connectivity index (χ0v) is 11.6. The molecule has 0 aliphatic heterocycles. The highest BCUT2D eigenvalue weighted by molar-refractivity contribution is 5.52. The summed E-state index contributed by atoms with van der Waals surface area (Å²) in [5.41, 5.74) is 1.26. The molecule has 0 heterocycles. The largest absolute Gasteiger partial charge is 0.507 e. The number of anilines is 1. The highest BCUT2D eigenvalue weighted by Gasteiger charge is 2.14. The van der Waals surface area contributed by atoms with Crippen molar-refractivity contribution in [3.63, 3.8) is 0 Å². The lowest BCUT2D eigenvalue weighted by Crippen LogP contribution is -2.07. The van der Waals surface area contributed by atoms with Crippen LogP contribution in [0.2, 0.25) is 0 Å². The average molecular weight is 284 g/mol. The maximum atomic E-state index is 9.83. The first-order valence-electron chi connectivity index (χ1n) is 6.49. The topological polar surface area (TPSA) is 85.5 Å². The van der Waals surface area contributed by atoms with Crippen LogP contribution in [0.5, 0.6) is 17.2 Å². The Balaban J connectivity index is 2.09. The van der Waals surface area contributed by atoms with Crippen molar-refractivity contribution in [2.24, 2.45) is 0 Å². The van der Waals surface area contributed by atoms with Crippen molar-refractivity contribution in [2.45, 2.75) is 13.0 Å². The second kappa shape index (κ2) is 6.53. The standard InChI is InChI=1S/C16H16N2O3/c1-11(16-14(19)3-2-4-15(16)20)18-12-5-7-13(8-6-12)21-10-9-17/h2-8,11,18-20H,10H2,1H3. The Hall–Kier alpha value is -2.87. The van der Waals surface area contributed by atoms with E-state index in [0.29, 0.717) is 11.3 Å². The van der Waals surface area contributed by atoms with Gasteiger partial charge in [0.25, 0.3) is 0 Å². The van der Waals surface area contributed by atoms with E-state index in [9.17, 15) is 10.2 Å². The normalized spacial score (nSPS) is 11.4. The van der Waals surface area contributed by atoms with Crippen molar-refractivity contribution in [1.29, 1.82) is 5.26 Å². The van der Waals surface area contributed by atoms with E-state index in [1.807, 2.05) is 13.0 Å². The van der Waals surface area contributed by atoms with Gasteiger partial charge >= 0.3 is 0 Å². The molecule has 5 nitrogen and oxygen atoms in total. The van der Waals surface area contributed by atoms with Gasteiger partial charge in [0, 0.05) is 5.69 Å². The molecule has 0 fully saturated rings. The van der Waals surface area contributed by atoms with Gasteiger partial charge in [0.2, 0.25) is 0 Å². The number of hydrogen-bond acceptors (Lipinski definition) is 5. The van der Waals surface area contributed by atoms with Crippen molar-refractivity contribution < 1.29 is 14.9 Å². The van der Waals surface area contributed by atoms with E-state index < -0.39 is 0 Å². The third kappa shape index (κ3) is 3.57. The number of phenolic OH excluding ortho intramolecular Hbond substituents is 2. The number of nitrogens with one attached hydrogen (secondary N) is 1. The first-order valence-corrected chi connectivity index (χ1v) is 6.49. The maximum Gasteiger partial charge on any atom is 0.174 e. The Bertz CT molecular complexity index is 627. The van der Waals surface area contributed by atoms with Crippen LogP contribution < -0.4 is 10.1 Å². The van der Waals surface area contributed by atoms with Gasteiger partial charge in [-0.15, -0.1) is 0 Å². The molecule has 0 saturated carbocycles. The second-order valence-electron chi connectivity index (χ2n) is 4.55. The zero-order valence-electron chi connectivity index (χ0n) is 11.6. The van der Waals surface area contributed by atoms with Crippen molar-refractivity contribution >= 4 is 5.69 Å². The fraction of sp³-hybridized carbons (Fsp3) is 0.188. The van der Waals surface area contributed by atoms with E-state index in [1.165, 1.54) is 12.1 Å². The number of rotatable bonds is 5. The van der Waals surface area contributed by atoms with E-state index >= 15 is 0 Å². The fourth-order valence-corrected chi connectivity index (χ4v) is 2.07. The molecule has 0 spiro atoms. The summed E-state index contributed by atoms with van der Waals surface area (Å²) in [6, 6.07) is 13.4. The number of aromatic hydroxyl groups is 2. The number of benzene rings is 2. The highest BCUT2D eigenvalue weighted by atomic mass is 16.5. The van der Waals surface area contributed by atoms with Gasteiger partial charge in [-0.1, -0.05) is 6.07 Å². The van der Waals surface area contributed by atoms with Crippen LogP contribution in [0.4, 0.5) is 5.69 Å². The molecule has 108 valence electrons. The molecular formula is C16H16N2O3. The predicted molar refractivity (Wildman–Crippen MR) is 79.4 cm³/mol. The Kier molecular flexibility index (Phi) is 4.52. The predicted octanol–water partition coefficient (Wildman–Crippen LogP) is 3.17. The van der Waals surface area contributed by atoms with Crippen LogP contribution in [0.3, 0.4) is 0 Å². The van der Waals surface area contributed by atoms with Gasteiger partial charge < -0.3 is 20.3 Å². The number of nitriles is 1. The second-order valence-corrected chi connectivity index (χ2v) is 4.55. The number of hydrogen-bond donors (Lipinski definition) is 3. The summed E-state index contributed by atoms with van der Waals surface area (Å²) >= 11 is 0. The fourth-order valence-electron chi connectivity index (χ4n) is 2.07. The van der Waals surface area contributed by atoms with Crippen molar-refractivity contribution in [3.8, 4) is 23.3 Å². The van der Waals surface area contributed by atoms with Crippen LogP contribution in [-0.2, 0) is 0 Å². The Labute approximate surface area is 123 Å². The van der Waals surface area contributed by atoms with E-state index in [-0.39, 0.29) is 24.1 Å². The summed E-state index contributed by atoms with van der Waals surface area (Å²) in [4.78, 5) is 0. The van der Waals surface area contributed by atoms with Gasteiger partial charge in [0.1, 0.15) is 23.3 Å². The molecule has 1 atom stereocenters. The number of ether oxygens (including phenoxy) is 1. The van der Waals surface area contributed by atoms with Crippen LogP contribution >= 0.6 is 0 Å². The molecule has 0 aliphatic carbocycles. The molecule has 3 N–H and O–H groups in total. The molecule has 2 aromatic rings. The summed E-state index contributed by atoms with van der Waals surface area (Å²) in [6.45, 7) is 1.85. The zero-order chi connectivity index (χ0) is 15.2. The monoisotopic (exact) mass is 284 g/mol. The number of phenols is 2. The van der Waals surface area contributed by atoms with Crippen LogP contribution in [0.15, 0.2) is 42.5 Å². The molecular weight excluding hydrogens is 268 g/mol. The minimum Gasteiger partial charge on any atom is -0.507 e. The molecule has 0 aromatic heterocycles. The van der Waals surface area contributed by atoms with Gasteiger partial charge in [-0.05, 0) is 43.3 Å². The molecule has 0 aliphatic rings. The molecule has 1 unspecified atom stereocenters. The maximum absolute atomic E-state index is 9.83.